The van der Waals surface area contributed by atoms with Crippen molar-refractivity contribution in [1.29, 1.82) is 0 Å². The zero-order chi connectivity index (χ0) is 15.3. The number of anilines is 2. The number of carboxylic acid groups (broad SMARTS) is 1. The molecule has 0 amide bonds. The van der Waals surface area contributed by atoms with E-state index in [9.17, 15) is 13.2 Å². The molecule has 7 nitrogen and oxygen atoms in total. The highest BCUT2D eigenvalue weighted by Crippen LogP contribution is 2.16. The average Bonchev–Trinajstić information content (AvgIpc) is 2.35. The van der Waals surface area contributed by atoms with Gasteiger partial charge in [0.15, 0.2) is 9.84 Å². The van der Waals surface area contributed by atoms with E-state index in [0.29, 0.717) is 5.82 Å². The van der Waals surface area contributed by atoms with Crippen LogP contribution < -0.4 is 10.6 Å². The highest BCUT2D eigenvalue weighted by atomic mass is 32.2. The van der Waals surface area contributed by atoms with Crippen LogP contribution in [-0.2, 0) is 9.84 Å². The Balaban J connectivity index is 3.01. The van der Waals surface area contributed by atoms with E-state index in [0.717, 1.165) is 12.7 Å². The van der Waals surface area contributed by atoms with Crippen LogP contribution in [0.3, 0.4) is 0 Å². The van der Waals surface area contributed by atoms with Gasteiger partial charge in [-0.25, -0.2) is 18.2 Å². The Morgan fingerprint density at radius 2 is 2.00 bits per heavy atom. The van der Waals surface area contributed by atoms with Crippen LogP contribution in [0.1, 0.15) is 30.6 Å². The van der Waals surface area contributed by atoms with Crippen molar-refractivity contribution in [1.82, 2.24) is 4.98 Å². The summed E-state index contributed by atoms with van der Waals surface area (Å²) in [5.74, 6) is -0.787. The lowest BCUT2D eigenvalue weighted by atomic mass is 10.2. The first-order chi connectivity index (χ1) is 9.21. The quantitative estimate of drug-likeness (QED) is 0.698. The lowest BCUT2D eigenvalue weighted by molar-refractivity contribution is 0.0697. The van der Waals surface area contributed by atoms with Crippen molar-refractivity contribution < 1.29 is 18.3 Å². The Kier molecular flexibility index (Phi) is 5.32. The lowest BCUT2D eigenvalue weighted by Crippen LogP contribution is -2.17. The van der Waals surface area contributed by atoms with Crippen molar-refractivity contribution in [2.75, 3.05) is 22.8 Å². The van der Waals surface area contributed by atoms with Crippen molar-refractivity contribution in [2.45, 2.75) is 26.3 Å². The number of hydrogen-bond donors (Lipinski definition) is 3. The highest BCUT2D eigenvalue weighted by Gasteiger charge is 2.11. The monoisotopic (exact) mass is 301 g/mol. The van der Waals surface area contributed by atoms with Gasteiger partial charge in [-0.3, -0.25) is 0 Å². The lowest BCUT2D eigenvalue weighted by Gasteiger charge is -2.14. The van der Waals surface area contributed by atoms with Gasteiger partial charge < -0.3 is 15.7 Å². The molecule has 0 aromatic carbocycles. The Labute approximate surface area is 118 Å². The number of nitrogens with one attached hydrogen (secondary N) is 2. The second-order valence-corrected chi connectivity index (χ2v) is 6.77. The SMILES string of the molecule is CCC(C)Nc1cc(C(=O)O)cc(NCS(C)(=O)=O)n1. The maximum atomic E-state index is 11.1. The van der Waals surface area contributed by atoms with Gasteiger partial charge in [-0.15, -0.1) is 0 Å². The molecule has 112 valence electrons. The van der Waals surface area contributed by atoms with Gasteiger partial charge in [0.2, 0.25) is 0 Å². The number of carbonyl (C=O) groups is 1. The molecule has 0 bridgehead atoms. The zero-order valence-corrected chi connectivity index (χ0v) is 12.5. The van der Waals surface area contributed by atoms with Crippen molar-refractivity contribution >= 4 is 27.4 Å². The van der Waals surface area contributed by atoms with Crippen LogP contribution in [0.15, 0.2) is 12.1 Å². The fourth-order valence-electron chi connectivity index (χ4n) is 1.38. The number of aromatic nitrogens is 1. The molecule has 1 heterocycles. The van der Waals surface area contributed by atoms with Crippen LogP contribution >= 0.6 is 0 Å². The summed E-state index contributed by atoms with van der Waals surface area (Å²) in [5.41, 5.74) is 0.0433. The largest absolute Gasteiger partial charge is 0.478 e. The smallest absolute Gasteiger partial charge is 0.335 e. The summed E-state index contributed by atoms with van der Waals surface area (Å²) in [5, 5.41) is 14.7. The summed E-state index contributed by atoms with van der Waals surface area (Å²) in [4.78, 5) is 15.2. The summed E-state index contributed by atoms with van der Waals surface area (Å²) >= 11 is 0. The number of nitrogens with zero attached hydrogens (tertiary/aromatic N) is 1. The molecule has 0 aliphatic carbocycles. The predicted molar refractivity (Wildman–Crippen MR) is 77.9 cm³/mol. The molecule has 0 spiro atoms. The van der Waals surface area contributed by atoms with Crippen LogP contribution in [0.4, 0.5) is 11.6 Å². The van der Waals surface area contributed by atoms with Gasteiger partial charge in [-0.05, 0) is 25.5 Å². The third kappa shape index (κ3) is 5.43. The van der Waals surface area contributed by atoms with Gasteiger partial charge in [0.25, 0.3) is 0 Å². The minimum absolute atomic E-state index is 0.0433. The molecule has 0 radical (unpaired) electrons. The topological polar surface area (TPSA) is 108 Å². The average molecular weight is 301 g/mol. The van der Waals surface area contributed by atoms with E-state index in [2.05, 4.69) is 15.6 Å². The fourth-order valence-corrected chi connectivity index (χ4v) is 1.79. The Morgan fingerprint density at radius 3 is 2.50 bits per heavy atom. The normalized spacial score (nSPS) is 12.8. The van der Waals surface area contributed by atoms with Crippen LogP contribution in [-0.4, -0.2) is 42.7 Å². The number of hydrogen-bond acceptors (Lipinski definition) is 6. The van der Waals surface area contributed by atoms with E-state index in [1.165, 1.54) is 12.1 Å². The molecular weight excluding hydrogens is 282 g/mol. The molecule has 20 heavy (non-hydrogen) atoms. The van der Waals surface area contributed by atoms with E-state index in [1.807, 2.05) is 13.8 Å². The second kappa shape index (κ2) is 6.56. The molecule has 0 saturated heterocycles. The molecule has 1 unspecified atom stereocenters. The maximum Gasteiger partial charge on any atom is 0.335 e. The Bertz CT molecular complexity index is 586. The maximum absolute atomic E-state index is 11.1. The van der Waals surface area contributed by atoms with Crippen LogP contribution in [0, 0.1) is 0 Å². The minimum Gasteiger partial charge on any atom is -0.478 e. The van der Waals surface area contributed by atoms with Crippen LogP contribution in [0.5, 0.6) is 0 Å². The summed E-state index contributed by atoms with van der Waals surface area (Å²) in [6.07, 6.45) is 1.93. The first-order valence-electron chi connectivity index (χ1n) is 6.14. The van der Waals surface area contributed by atoms with Crippen LogP contribution in [0.2, 0.25) is 0 Å². The molecule has 8 heteroatoms. The van der Waals surface area contributed by atoms with Gasteiger partial charge in [0.05, 0.1) is 5.56 Å². The van der Waals surface area contributed by atoms with E-state index in [-0.39, 0.29) is 23.3 Å². The first-order valence-corrected chi connectivity index (χ1v) is 8.21. The predicted octanol–water partition coefficient (Wildman–Crippen LogP) is 1.40. The van der Waals surface area contributed by atoms with E-state index >= 15 is 0 Å². The van der Waals surface area contributed by atoms with Crippen molar-refractivity contribution in [2.24, 2.45) is 0 Å². The highest BCUT2D eigenvalue weighted by molar-refractivity contribution is 7.90. The molecule has 1 atom stereocenters. The molecule has 1 aromatic rings. The van der Waals surface area contributed by atoms with Gasteiger partial charge in [0.1, 0.15) is 17.5 Å². The molecule has 0 saturated carbocycles. The number of pyridine rings is 1. The van der Waals surface area contributed by atoms with Crippen molar-refractivity contribution in [3.05, 3.63) is 17.7 Å². The van der Waals surface area contributed by atoms with E-state index < -0.39 is 15.8 Å². The molecule has 1 rings (SSSR count). The number of rotatable bonds is 7. The Hall–Kier alpha value is -1.83. The van der Waals surface area contributed by atoms with Crippen molar-refractivity contribution in [3.8, 4) is 0 Å². The summed E-state index contributed by atoms with van der Waals surface area (Å²) in [6, 6.07) is 2.85. The number of aromatic carboxylic acids is 1. The Morgan fingerprint density at radius 1 is 1.40 bits per heavy atom. The standard InChI is InChI=1S/C12H19N3O4S/c1-4-8(2)14-11-6-9(12(16)17)5-10(15-11)13-7-20(3,18)19/h5-6,8H,4,7H2,1-3H3,(H,16,17)(H2,13,14,15). The van der Waals surface area contributed by atoms with Gasteiger partial charge >= 0.3 is 5.97 Å². The third-order valence-corrected chi connectivity index (χ3v) is 3.26. The van der Waals surface area contributed by atoms with Gasteiger partial charge in [0, 0.05) is 12.3 Å². The molecule has 3 N–H and O–H groups in total. The van der Waals surface area contributed by atoms with Gasteiger partial charge in [-0.1, -0.05) is 6.92 Å². The molecule has 1 aromatic heterocycles. The summed E-state index contributed by atoms with van der Waals surface area (Å²) in [6.45, 7) is 3.93. The third-order valence-electron chi connectivity index (χ3n) is 2.59. The van der Waals surface area contributed by atoms with Crippen molar-refractivity contribution in [3.63, 3.8) is 0 Å². The molecule has 0 aliphatic rings. The number of carboxylic acids is 1. The van der Waals surface area contributed by atoms with E-state index in [4.69, 9.17) is 5.11 Å². The zero-order valence-electron chi connectivity index (χ0n) is 11.7. The number of sulfone groups is 1. The van der Waals surface area contributed by atoms with Crippen LogP contribution in [0.25, 0.3) is 0 Å². The summed E-state index contributed by atoms with van der Waals surface area (Å²) in [7, 11) is -3.21. The van der Waals surface area contributed by atoms with E-state index in [1.54, 1.807) is 0 Å². The molecular formula is C12H19N3O4S. The second-order valence-electron chi connectivity index (χ2n) is 4.63. The minimum atomic E-state index is -3.21. The summed E-state index contributed by atoms with van der Waals surface area (Å²) < 4.78 is 22.2. The molecule has 0 aliphatic heterocycles. The van der Waals surface area contributed by atoms with Gasteiger partial charge in [-0.2, -0.15) is 0 Å². The molecule has 0 fully saturated rings. The first kappa shape index (κ1) is 16.2. The fraction of sp³-hybridized carbons (Fsp3) is 0.500.